The minimum absolute atomic E-state index is 0.0610. The largest absolute Gasteiger partial charge is 0.486 e. The van der Waals surface area contributed by atoms with Gasteiger partial charge in [-0.25, -0.2) is 4.79 Å². The van der Waals surface area contributed by atoms with Crippen molar-refractivity contribution in [1.29, 1.82) is 0 Å². The van der Waals surface area contributed by atoms with E-state index in [-0.39, 0.29) is 37.1 Å². The Labute approximate surface area is 184 Å². The highest BCUT2D eigenvalue weighted by Gasteiger charge is 2.28. The predicted octanol–water partition coefficient (Wildman–Crippen LogP) is 1.64. The van der Waals surface area contributed by atoms with E-state index in [2.05, 4.69) is 10.6 Å². The molecule has 0 bridgehead atoms. The normalized spacial score (nSPS) is 20.0. The molecule has 2 aliphatic heterocycles. The lowest BCUT2D eigenvalue weighted by Crippen LogP contribution is -2.50. The van der Waals surface area contributed by atoms with Crippen molar-refractivity contribution in [2.75, 3.05) is 13.2 Å². The number of carbonyl (C=O) groups is 3. The fourth-order valence-electron chi connectivity index (χ4n) is 3.63. The van der Waals surface area contributed by atoms with Crippen LogP contribution in [-0.2, 0) is 27.5 Å². The molecule has 0 radical (unpaired) electrons. The number of piperidine rings is 1. The van der Waals surface area contributed by atoms with Crippen LogP contribution in [-0.4, -0.2) is 48.2 Å². The van der Waals surface area contributed by atoms with E-state index >= 15 is 0 Å². The Morgan fingerprint density at radius 1 is 1.19 bits per heavy atom. The summed E-state index contributed by atoms with van der Waals surface area (Å²) in [5.74, 6) is -1.05. The summed E-state index contributed by atoms with van der Waals surface area (Å²) < 4.78 is 17.4. The molecule has 0 saturated carbocycles. The van der Waals surface area contributed by atoms with Gasteiger partial charge >= 0.3 is 5.97 Å². The summed E-state index contributed by atoms with van der Waals surface area (Å²) in [5, 5.41) is 14.9. The smallest absolute Gasteiger partial charge is 0.336 e. The van der Waals surface area contributed by atoms with Crippen LogP contribution in [0.5, 0.6) is 11.5 Å². The number of fused-ring (bicyclic) bond motifs is 1. The maximum absolute atomic E-state index is 12.0. The van der Waals surface area contributed by atoms with Gasteiger partial charge in [0.1, 0.15) is 6.61 Å². The molecule has 1 saturated heterocycles. The first-order valence-corrected chi connectivity index (χ1v) is 10.4. The van der Waals surface area contributed by atoms with E-state index in [0.29, 0.717) is 36.7 Å². The zero-order chi connectivity index (χ0) is 22.5. The molecular weight excluding hydrogens is 416 g/mol. The Kier molecular flexibility index (Phi) is 6.67. The zero-order valence-corrected chi connectivity index (χ0v) is 17.3. The molecular formula is C23H24N2O7. The fraction of sp³-hybridized carbons (Fsp3) is 0.348. The summed E-state index contributed by atoms with van der Waals surface area (Å²) >= 11 is 0. The maximum Gasteiger partial charge on any atom is 0.336 e. The number of nitrogens with one attached hydrogen (secondary N) is 2. The third-order valence-electron chi connectivity index (χ3n) is 5.31. The van der Waals surface area contributed by atoms with Crippen LogP contribution in [0, 0.1) is 0 Å². The van der Waals surface area contributed by atoms with Crippen LogP contribution in [0.1, 0.15) is 34.3 Å². The van der Waals surface area contributed by atoms with Crippen LogP contribution in [0.3, 0.4) is 0 Å². The predicted molar refractivity (Wildman–Crippen MR) is 112 cm³/mol. The molecule has 2 aromatic rings. The lowest BCUT2D eigenvalue weighted by atomic mass is 10.0. The summed E-state index contributed by atoms with van der Waals surface area (Å²) in [6.07, 6.45) is 0.261. The second-order valence-electron chi connectivity index (χ2n) is 7.70. The van der Waals surface area contributed by atoms with Crippen molar-refractivity contribution in [2.24, 2.45) is 0 Å². The van der Waals surface area contributed by atoms with Gasteiger partial charge in [0.2, 0.25) is 11.8 Å². The van der Waals surface area contributed by atoms with Crippen LogP contribution < -0.4 is 20.1 Å². The summed E-state index contributed by atoms with van der Waals surface area (Å²) in [5.41, 5.74) is 1.57. The highest BCUT2D eigenvalue weighted by atomic mass is 16.6. The topological polar surface area (TPSA) is 123 Å². The Bertz CT molecular complexity index is 1010. The van der Waals surface area contributed by atoms with Crippen molar-refractivity contribution in [3.05, 3.63) is 59.2 Å². The van der Waals surface area contributed by atoms with Gasteiger partial charge in [0.25, 0.3) is 0 Å². The summed E-state index contributed by atoms with van der Waals surface area (Å²) in [4.78, 5) is 35.0. The first-order valence-electron chi connectivity index (χ1n) is 10.4. The van der Waals surface area contributed by atoms with Gasteiger partial charge in [-0.3, -0.25) is 14.9 Å². The Morgan fingerprint density at radius 3 is 2.75 bits per heavy atom. The first kappa shape index (κ1) is 21.8. The molecule has 9 heteroatoms. The number of hydrogen-bond acceptors (Lipinski definition) is 7. The van der Waals surface area contributed by atoms with Crippen LogP contribution >= 0.6 is 0 Å². The molecule has 9 nitrogen and oxygen atoms in total. The van der Waals surface area contributed by atoms with Gasteiger partial charge in [0, 0.05) is 13.0 Å². The van der Waals surface area contributed by atoms with Crippen LogP contribution in [0.15, 0.2) is 42.5 Å². The number of rotatable bonds is 8. The quantitative estimate of drug-likeness (QED) is 0.530. The summed E-state index contributed by atoms with van der Waals surface area (Å²) in [7, 11) is 0. The lowest BCUT2D eigenvalue weighted by Gasteiger charge is -2.28. The number of carboxylic acid groups (broad SMARTS) is 1. The number of hydrogen-bond donors (Lipinski definition) is 3. The zero-order valence-electron chi connectivity index (χ0n) is 17.3. The molecule has 2 atom stereocenters. The molecule has 0 unspecified atom stereocenters. The molecule has 1 fully saturated rings. The SMILES string of the molecule is O=C1CC[C@H](NCc2cc3c(cc2C(=O)O)OC[C@H](COCc2ccccc2)O3)C(=O)N1. The van der Waals surface area contributed by atoms with Gasteiger partial charge in [-0.2, -0.15) is 0 Å². The van der Waals surface area contributed by atoms with E-state index in [1.165, 1.54) is 6.07 Å². The second kappa shape index (κ2) is 9.80. The number of carboxylic acids is 1. The Balaban J connectivity index is 1.40. The summed E-state index contributed by atoms with van der Waals surface area (Å²) in [6.45, 7) is 1.14. The van der Waals surface area contributed by atoms with Gasteiger partial charge in [0.15, 0.2) is 17.6 Å². The van der Waals surface area contributed by atoms with Gasteiger partial charge in [0.05, 0.1) is 24.8 Å². The van der Waals surface area contributed by atoms with Gasteiger partial charge in [-0.05, 0) is 29.7 Å². The van der Waals surface area contributed by atoms with E-state index in [1.807, 2.05) is 30.3 Å². The number of carbonyl (C=O) groups excluding carboxylic acids is 2. The van der Waals surface area contributed by atoms with Crippen LogP contribution in [0.25, 0.3) is 0 Å². The van der Waals surface area contributed by atoms with E-state index in [9.17, 15) is 19.5 Å². The number of imide groups is 1. The van der Waals surface area contributed by atoms with Crippen molar-refractivity contribution in [3.63, 3.8) is 0 Å². The van der Waals surface area contributed by atoms with E-state index < -0.39 is 17.9 Å². The molecule has 0 aliphatic carbocycles. The van der Waals surface area contributed by atoms with E-state index in [0.717, 1.165) is 5.56 Å². The molecule has 2 amide bonds. The molecule has 2 aromatic carbocycles. The van der Waals surface area contributed by atoms with E-state index in [1.54, 1.807) is 6.07 Å². The Morgan fingerprint density at radius 2 is 2.00 bits per heavy atom. The third kappa shape index (κ3) is 5.24. The first-order chi connectivity index (χ1) is 15.5. The average molecular weight is 440 g/mol. The van der Waals surface area contributed by atoms with Crippen molar-refractivity contribution < 1.29 is 33.7 Å². The average Bonchev–Trinajstić information content (AvgIpc) is 2.78. The number of amides is 2. The molecule has 168 valence electrons. The minimum atomic E-state index is -1.11. The maximum atomic E-state index is 12.0. The number of aromatic carboxylic acids is 1. The van der Waals surface area contributed by atoms with Crippen molar-refractivity contribution in [2.45, 2.75) is 38.1 Å². The van der Waals surface area contributed by atoms with Gasteiger partial charge < -0.3 is 24.6 Å². The highest BCUT2D eigenvalue weighted by Crippen LogP contribution is 2.35. The number of ether oxygens (including phenoxy) is 3. The van der Waals surface area contributed by atoms with Crippen molar-refractivity contribution >= 4 is 17.8 Å². The standard InChI is InChI=1S/C23H24N2O7/c26-21-7-6-18(22(27)25-21)24-10-15-8-20-19(9-17(15)23(28)29)31-13-16(32-20)12-30-11-14-4-2-1-3-5-14/h1-5,8-9,16,18,24H,6-7,10-13H2,(H,28,29)(H,25,26,27)/t16-,18-/m0/s1. The lowest BCUT2D eigenvalue weighted by molar-refractivity contribution is -0.134. The number of benzene rings is 2. The van der Waals surface area contributed by atoms with Crippen molar-refractivity contribution in [1.82, 2.24) is 10.6 Å². The van der Waals surface area contributed by atoms with Crippen LogP contribution in [0.2, 0.25) is 0 Å². The summed E-state index contributed by atoms with van der Waals surface area (Å²) in [6, 6.07) is 12.3. The second-order valence-corrected chi connectivity index (χ2v) is 7.70. The fourth-order valence-corrected chi connectivity index (χ4v) is 3.63. The molecule has 4 rings (SSSR count). The monoisotopic (exact) mass is 440 g/mol. The molecule has 2 heterocycles. The van der Waals surface area contributed by atoms with Crippen molar-refractivity contribution in [3.8, 4) is 11.5 Å². The highest BCUT2D eigenvalue weighted by molar-refractivity contribution is 6.00. The molecule has 0 spiro atoms. The molecule has 32 heavy (non-hydrogen) atoms. The molecule has 0 aromatic heterocycles. The molecule has 2 aliphatic rings. The van der Waals surface area contributed by atoms with Crippen LogP contribution in [0.4, 0.5) is 0 Å². The van der Waals surface area contributed by atoms with E-state index in [4.69, 9.17) is 14.2 Å². The molecule has 3 N–H and O–H groups in total. The Hall–Kier alpha value is -3.43. The van der Waals surface area contributed by atoms with Gasteiger partial charge in [-0.15, -0.1) is 0 Å². The van der Waals surface area contributed by atoms with Gasteiger partial charge in [-0.1, -0.05) is 30.3 Å². The minimum Gasteiger partial charge on any atom is -0.486 e. The third-order valence-corrected chi connectivity index (χ3v) is 5.31.